The average Bonchev–Trinajstić information content (AvgIpc) is 3.15. The lowest BCUT2D eigenvalue weighted by Crippen LogP contribution is -2.51. The third kappa shape index (κ3) is 5.40. The number of Topliss-reactive ketones (excluding diaryl/α,β-unsaturated/α-hetero) is 1. The van der Waals surface area contributed by atoms with E-state index in [4.69, 9.17) is 15.6 Å². The van der Waals surface area contributed by atoms with E-state index in [0.717, 1.165) is 44.9 Å². The van der Waals surface area contributed by atoms with Crippen LogP contribution in [-0.2, 0) is 23.9 Å². The number of carbonyl (C=O) groups excluding carboxylic acids is 3. The van der Waals surface area contributed by atoms with Crippen LogP contribution in [0.15, 0.2) is 11.6 Å². The molecule has 4 aliphatic rings. The Kier molecular flexibility index (Phi) is 8.30. The van der Waals surface area contributed by atoms with Crippen molar-refractivity contribution < 1.29 is 29.0 Å². The molecule has 3 saturated carbocycles. The zero-order valence-electron chi connectivity index (χ0n) is 22.0. The molecular weight excluding hydrogens is 446 g/mol. The maximum atomic E-state index is 12.8. The Morgan fingerprint density at radius 2 is 1.77 bits per heavy atom. The van der Waals surface area contributed by atoms with Gasteiger partial charge in [-0.2, -0.15) is 0 Å². The van der Waals surface area contributed by atoms with Crippen molar-refractivity contribution in [3.63, 3.8) is 0 Å². The maximum Gasteiger partial charge on any atom is 0.320 e. The number of ketones is 2. The van der Waals surface area contributed by atoms with Gasteiger partial charge >= 0.3 is 11.9 Å². The van der Waals surface area contributed by atoms with E-state index in [1.54, 1.807) is 13.8 Å². The summed E-state index contributed by atoms with van der Waals surface area (Å²) in [5.41, 5.74) is 6.77. The monoisotopic (exact) mass is 489 g/mol. The van der Waals surface area contributed by atoms with Crippen LogP contribution in [0.25, 0.3) is 0 Å². The number of hydrogen-bond donors (Lipinski definition) is 2. The first-order valence-electron chi connectivity index (χ1n) is 13.2. The number of carbonyl (C=O) groups is 4. The van der Waals surface area contributed by atoms with E-state index in [1.807, 2.05) is 6.08 Å². The average molecular weight is 490 g/mol. The molecule has 7 heteroatoms. The number of ether oxygens (including phenoxy) is 1. The molecule has 4 rings (SSSR count). The van der Waals surface area contributed by atoms with Crippen molar-refractivity contribution in [3.05, 3.63) is 11.6 Å². The summed E-state index contributed by atoms with van der Waals surface area (Å²) in [6.07, 6.45) is 10.1. The fraction of sp³-hybridized carbons (Fsp3) is 0.786. The molecule has 0 aromatic rings. The van der Waals surface area contributed by atoms with Gasteiger partial charge in [-0.1, -0.05) is 33.3 Å². The first-order chi connectivity index (χ1) is 16.3. The minimum Gasteiger partial charge on any atom is -0.480 e. The van der Waals surface area contributed by atoms with Crippen LogP contribution in [0.4, 0.5) is 0 Å². The van der Waals surface area contributed by atoms with Crippen LogP contribution in [0, 0.1) is 40.4 Å². The molecule has 0 aromatic carbocycles. The Balaban J connectivity index is 0.000000371. The van der Waals surface area contributed by atoms with Crippen LogP contribution in [-0.4, -0.2) is 41.3 Å². The van der Waals surface area contributed by atoms with Gasteiger partial charge in [-0.3, -0.25) is 19.2 Å². The van der Waals surface area contributed by atoms with Crippen LogP contribution in [0.5, 0.6) is 0 Å². The van der Waals surface area contributed by atoms with Crippen LogP contribution in [0.2, 0.25) is 0 Å². The van der Waals surface area contributed by atoms with Crippen molar-refractivity contribution in [2.75, 3.05) is 6.61 Å². The number of nitrogens with two attached hydrogens (primary N) is 1. The number of carboxylic acid groups (broad SMARTS) is 1. The van der Waals surface area contributed by atoms with Gasteiger partial charge in [0.1, 0.15) is 12.6 Å². The molecule has 35 heavy (non-hydrogen) atoms. The maximum absolute atomic E-state index is 12.8. The van der Waals surface area contributed by atoms with Gasteiger partial charge in [0.2, 0.25) is 0 Å². The molecular formula is C28H43NO6. The van der Waals surface area contributed by atoms with Crippen molar-refractivity contribution in [3.8, 4) is 0 Å². The fourth-order valence-corrected chi connectivity index (χ4v) is 7.65. The van der Waals surface area contributed by atoms with Gasteiger partial charge < -0.3 is 15.6 Å². The van der Waals surface area contributed by atoms with Crippen molar-refractivity contribution in [2.45, 2.75) is 92.0 Å². The summed E-state index contributed by atoms with van der Waals surface area (Å²) < 4.78 is 5.02. The predicted octanol–water partition coefficient (Wildman–Crippen LogP) is 4.32. The molecule has 0 saturated heterocycles. The number of rotatable bonds is 5. The van der Waals surface area contributed by atoms with Gasteiger partial charge in [0.05, 0.1) is 0 Å². The lowest BCUT2D eigenvalue weighted by Gasteiger charge is -2.58. The normalized spacial score (nSPS) is 36.5. The lowest BCUT2D eigenvalue weighted by atomic mass is 9.46. The van der Waals surface area contributed by atoms with Crippen LogP contribution < -0.4 is 5.73 Å². The van der Waals surface area contributed by atoms with Crippen LogP contribution in [0.1, 0.15) is 86.0 Å². The molecule has 0 aromatic heterocycles. The number of aliphatic carboxylic acids is 1. The highest BCUT2D eigenvalue weighted by atomic mass is 16.5. The quantitative estimate of drug-likeness (QED) is 0.551. The van der Waals surface area contributed by atoms with E-state index < -0.39 is 12.0 Å². The summed E-state index contributed by atoms with van der Waals surface area (Å²) in [7, 11) is 0. The molecule has 0 amide bonds. The van der Waals surface area contributed by atoms with Crippen molar-refractivity contribution in [1.82, 2.24) is 0 Å². The number of hydrogen-bond acceptors (Lipinski definition) is 6. The van der Waals surface area contributed by atoms with Gasteiger partial charge in [0.25, 0.3) is 0 Å². The Bertz CT molecular complexity index is 894. The molecule has 0 unspecified atom stereocenters. The summed E-state index contributed by atoms with van der Waals surface area (Å²) in [6, 6.07) is -0.713. The van der Waals surface area contributed by atoms with E-state index in [9.17, 15) is 19.2 Å². The minimum atomic E-state index is -0.931. The first-order valence-corrected chi connectivity index (χ1v) is 13.2. The highest BCUT2D eigenvalue weighted by Crippen LogP contribution is 2.66. The molecule has 0 radical (unpaired) electrons. The van der Waals surface area contributed by atoms with Gasteiger partial charge in [-0.05, 0) is 85.5 Å². The molecule has 7 atom stereocenters. The Hall–Kier alpha value is -2.02. The number of fused-ring (bicyclic) bond motifs is 5. The molecule has 3 fully saturated rings. The van der Waals surface area contributed by atoms with Crippen LogP contribution >= 0.6 is 0 Å². The van der Waals surface area contributed by atoms with Gasteiger partial charge in [-0.25, -0.2) is 0 Å². The van der Waals surface area contributed by atoms with Gasteiger partial charge in [0.15, 0.2) is 11.6 Å². The molecule has 4 aliphatic carbocycles. The van der Waals surface area contributed by atoms with Gasteiger partial charge in [-0.15, -0.1) is 0 Å². The summed E-state index contributed by atoms with van der Waals surface area (Å²) in [5.74, 6) is 1.04. The molecule has 0 heterocycles. The largest absolute Gasteiger partial charge is 0.480 e. The second-order valence-electron chi connectivity index (χ2n) is 12.0. The van der Waals surface area contributed by atoms with Gasteiger partial charge in [0, 0.05) is 19.3 Å². The molecule has 0 aliphatic heterocycles. The third-order valence-corrected chi connectivity index (χ3v) is 9.77. The number of allylic oxidation sites excluding steroid dienone is 1. The highest BCUT2D eigenvalue weighted by molar-refractivity contribution is 5.91. The molecule has 7 nitrogen and oxygen atoms in total. The van der Waals surface area contributed by atoms with E-state index in [-0.39, 0.29) is 41.0 Å². The smallest absolute Gasteiger partial charge is 0.320 e. The zero-order valence-corrected chi connectivity index (χ0v) is 22.0. The SMILES string of the molecule is CC(=O)OCC(=O)[C@H]1CC[C@H]2[C@@H]3CCC4=CC(=O)CC[C@]4(C)[C@H]3CC[C@]12C.CC(C)[C@H](N)C(=O)O. The Labute approximate surface area is 209 Å². The zero-order chi connectivity index (χ0) is 26.1. The molecule has 196 valence electrons. The third-order valence-electron chi connectivity index (χ3n) is 9.77. The number of carboxylic acids is 1. The molecule has 0 spiro atoms. The summed E-state index contributed by atoms with van der Waals surface area (Å²) in [6.45, 7) is 9.55. The number of esters is 1. The standard InChI is InChI=1S/C23H32O4.C5H11NO2/c1-14(24)27-13-21(26)20-7-6-18-17-5-4-15-12-16(25)8-10-22(15,2)19(17)9-11-23(18,20)3;1-3(2)4(6)5(7)8/h12,17-20H,4-11,13H2,1-3H3;3-4H,6H2,1-2H3,(H,7,8)/t17-,18-,19-,20+,22-,23-;4-/m00/s1. The second-order valence-corrected chi connectivity index (χ2v) is 12.0. The second kappa shape index (κ2) is 10.5. The Morgan fingerprint density at radius 3 is 2.34 bits per heavy atom. The highest BCUT2D eigenvalue weighted by Gasteiger charge is 2.60. The molecule has 0 bridgehead atoms. The minimum absolute atomic E-state index is 0.0208. The van der Waals surface area contributed by atoms with E-state index in [2.05, 4.69) is 13.8 Å². The van der Waals surface area contributed by atoms with E-state index in [1.165, 1.54) is 12.5 Å². The fourth-order valence-electron chi connectivity index (χ4n) is 7.65. The lowest BCUT2D eigenvalue weighted by molar-refractivity contribution is -0.149. The van der Waals surface area contributed by atoms with Crippen molar-refractivity contribution in [2.24, 2.45) is 46.2 Å². The van der Waals surface area contributed by atoms with Crippen molar-refractivity contribution in [1.29, 1.82) is 0 Å². The van der Waals surface area contributed by atoms with E-state index in [0.29, 0.717) is 30.0 Å². The molecule has 3 N–H and O–H groups in total. The van der Waals surface area contributed by atoms with E-state index >= 15 is 0 Å². The predicted molar refractivity (Wildman–Crippen MR) is 132 cm³/mol. The first kappa shape index (κ1) is 27.6. The summed E-state index contributed by atoms with van der Waals surface area (Å²) in [4.78, 5) is 45.8. The topological polar surface area (TPSA) is 124 Å². The summed E-state index contributed by atoms with van der Waals surface area (Å²) in [5, 5.41) is 8.23. The summed E-state index contributed by atoms with van der Waals surface area (Å²) >= 11 is 0. The van der Waals surface area contributed by atoms with Crippen molar-refractivity contribution >= 4 is 23.5 Å². The Morgan fingerprint density at radius 1 is 1.09 bits per heavy atom. The van der Waals surface area contributed by atoms with Crippen LogP contribution in [0.3, 0.4) is 0 Å².